The average Bonchev–Trinajstić information content (AvgIpc) is 2.39. The van der Waals surface area contributed by atoms with Gasteiger partial charge in [0.25, 0.3) is 0 Å². The van der Waals surface area contributed by atoms with Gasteiger partial charge in [-0.25, -0.2) is 9.37 Å². The second-order valence-electron chi connectivity index (χ2n) is 4.13. The first-order valence-electron chi connectivity index (χ1n) is 5.71. The van der Waals surface area contributed by atoms with Crippen molar-refractivity contribution in [2.75, 3.05) is 11.9 Å². The van der Waals surface area contributed by atoms with E-state index in [2.05, 4.69) is 4.98 Å². The van der Waals surface area contributed by atoms with E-state index in [1.807, 2.05) is 30.1 Å². The molecule has 0 fully saturated rings. The number of aliphatic hydroxyl groups is 1. The van der Waals surface area contributed by atoms with Gasteiger partial charge < -0.3 is 10.0 Å². The van der Waals surface area contributed by atoms with E-state index in [9.17, 15) is 4.39 Å². The monoisotopic (exact) mass is 246 g/mol. The average molecular weight is 246 g/mol. The van der Waals surface area contributed by atoms with Crippen LogP contribution in [0.3, 0.4) is 0 Å². The summed E-state index contributed by atoms with van der Waals surface area (Å²) < 4.78 is 13.1. The first-order chi connectivity index (χ1) is 8.69. The zero-order valence-electron chi connectivity index (χ0n) is 10.2. The second-order valence-corrected chi connectivity index (χ2v) is 4.13. The lowest BCUT2D eigenvalue weighted by Gasteiger charge is -2.18. The smallest absolute Gasteiger partial charge is 0.128 e. The molecular formula is C14H15FN2O. The van der Waals surface area contributed by atoms with Crippen molar-refractivity contribution in [3.05, 3.63) is 59.5 Å². The highest BCUT2D eigenvalue weighted by Crippen LogP contribution is 2.14. The van der Waals surface area contributed by atoms with Crippen molar-refractivity contribution in [2.24, 2.45) is 0 Å². The molecule has 2 aromatic rings. The largest absolute Gasteiger partial charge is 0.390 e. The van der Waals surface area contributed by atoms with Gasteiger partial charge in [0.2, 0.25) is 0 Å². The minimum atomic E-state index is -0.238. The van der Waals surface area contributed by atoms with Crippen molar-refractivity contribution in [3.63, 3.8) is 0 Å². The Bertz CT molecular complexity index is 531. The summed E-state index contributed by atoms with van der Waals surface area (Å²) in [6.07, 6.45) is 0. The molecule has 0 radical (unpaired) electrons. The van der Waals surface area contributed by atoms with Crippen LogP contribution in [0.2, 0.25) is 0 Å². The summed E-state index contributed by atoms with van der Waals surface area (Å²) in [4.78, 5) is 6.20. The molecule has 0 unspecified atom stereocenters. The lowest BCUT2D eigenvalue weighted by Crippen LogP contribution is -2.18. The Morgan fingerprint density at radius 2 is 2.00 bits per heavy atom. The van der Waals surface area contributed by atoms with Crippen LogP contribution in [-0.4, -0.2) is 17.1 Å². The molecule has 0 amide bonds. The molecule has 1 heterocycles. The normalized spacial score (nSPS) is 10.4. The molecule has 1 N–H and O–H groups in total. The van der Waals surface area contributed by atoms with Crippen LogP contribution in [0.15, 0.2) is 42.5 Å². The van der Waals surface area contributed by atoms with E-state index in [0.717, 1.165) is 11.4 Å². The molecule has 3 nitrogen and oxygen atoms in total. The molecule has 1 aromatic heterocycles. The highest BCUT2D eigenvalue weighted by Gasteiger charge is 2.05. The van der Waals surface area contributed by atoms with Gasteiger partial charge in [0.15, 0.2) is 0 Å². The minimum absolute atomic E-state index is 0.0817. The van der Waals surface area contributed by atoms with Crippen LogP contribution in [0, 0.1) is 5.82 Å². The summed E-state index contributed by atoms with van der Waals surface area (Å²) in [6, 6.07) is 12.0. The van der Waals surface area contributed by atoms with E-state index in [1.54, 1.807) is 12.1 Å². The number of rotatable bonds is 4. The number of hydrogen-bond donors (Lipinski definition) is 1. The fourth-order valence-corrected chi connectivity index (χ4v) is 1.76. The first-order valence-corrected chi connectivity index (χ1v) is 5.71. The quantitative estimate of drug-likeness (QED) is 0.899. The van der Waals surface area contributed by atoms with Gasteiger partial charge in [-0.05, 0) is 29.8 Å². The molecule has 0 aliphatic heterocycles. The zero-order valence-corrected chi connectivity index (χ0v) is 10.2. The lowest BCUT2D eigenvalue weighted by molar-refractivity contribution is 0.277. The molecule has 0 aliphatic rings. The number of benzene rings is 1. The maximum Gasteiger partial charge on any atom is 0.128 e. The highest BCUT2D eigenvalue weighted by atomic mass is 19.1. The SMILES string of the molecule is CN(Cc1cccc(F)c1)c1cccc(CO)n1. The van der Waals surface area contributed by atoms with Gasteiger partial charge in [-0.1, -0.05) is 18.2 Å². The van der Waals surface area contributed by atoms with Gasteiger partial charge in [-0.3, -0.25) is 0 Å². The zero-order chi connectivity index (χ0) is 13.0. The maximum absolute atomic E-state index is 13.1. The molecule has 4 heteroatoms. The van der Waals surface area contributed by atoms with Crippen molar-refractivity contribution in [1.29, 1.82) is 0 Å². The molecule has 0 spiro atoms. The van der Waals surface area contributed by atoms with Crippen LogP contribution in [-0.2, 0) is 13.2 Å². The Morgan fingerprint density at radius 3 is 2.72 bits per heavy atom. The Hall–Kier alpha value is -1.94. The summed E-state index contributed by atoms with van der Waals surface area (Å²) in [7, 11) is 1.88. The van der Waals surface area contributed by atoms with E-state index in [1.165, 1.54) is 12.1 Å². The predicted octanol–water partition coefficient (Wildman–Crippen LogP) is 2.35. The van der Waals surface area contributed by atoms with Crippen molar-refractivity contribution in [1.82, 2.24) is 4.98 Å². The number of nitrogens with zero attached hydrogens (tertiary/aromatic N) is 2. The number of hydrogen-bond acceptors (Lipinski definition) is 3. The predicted molar refractivity (Wildman–Crippen MR) is 68.7 cm³/mol. The summed E-state index contributed by atoms with van der Waals surface area (Å²) in [5, 5.41) is 9.04. The number of aliphatic hydroxyl groups excluding tert-OH is 1. The van der Waals surface area contributed by atoms with Crippen LogP contribution in [0.4, 0.5) is 10.2 Å². The molecule has 1 aromatic carbocycles. The molecule has 0 saturated carbocycles. The summed E-state index contributed by atoms with van der Waals surface area (Å²) in [6.45, 7) is 0.487. The van der Waals surface area contributed by atoms with E-state index >= 15 is 0 Å². The third kappa shape index (κ3) is 3.05. The van der Waals surface area contributed by atoms with Gasteiger partial charge >= 0.3 is 0 Å². The van der Waals surface area contributed by atoms with Crippen molar-refractivity contribution >= 4 is 5.82 Å². The van der Waals surface area contributed by atoms with Crippen LogP contribution < -0.4 is 4.90 Å². The Kier molecular flexibility index (Phi) is 3.89. The topological polar surface area (TPSA) is 36.4 Å². The van der Waals surface area contributed by atoms with Crippen molar-refractivity contribution in [2.45, 2.75) is 13.2 Å². The molecule has 0 bridgehead atoms. The second kappa shape index (κ2) is 5.60. The van der Waals surface area contributed by atoms with Gasteiger partial charge in [0.1, 0.15) is 11.6 Å². The number of aromatic nitrogens is 1. The molecule has 18 heavy (non-hydrogen) atoms. The summed E-state index contributed by atoms with van der Waals surface area (Å²) >= 11 is 0. The lowest BCUT2D eigenvalue weighted by atomic mass is 10.2. The van der Waals surface area contributed by atoms with Gasteiger partial charge in [0.05, 0.1) is 12.3 Å². The van der Waals surface area contributed by atoms with E-state index in [4.69, 9.17) is 5.11 Å². The van der Waals surface area contributed by atoms with Crippen LogP contribution in [0.25, 0.3) is 0 Å². The fourth-order valence-electron chi connectivity index (χ4n) is 1.76. The molecule has 0 saturated heterocycles. The van der Waals surface area contributed by atoms with Crippen molar-refractivity contribution in [3.8, 4) is 0 Å². The molecule has 94 valence electrons. The number of pyridine rings is 1. The molecule has 0 atom stereocenters. The van der Waals surface area contributed by atoms with Crippen LogP contribution in [0.5, 0.6) is 0 Å². The summed E-state index contributed by atoms with van der Waals surface area (Å²) in [5.74, 6) is 0.517. The fraction of sp³-hybridized carbons (Fsp3) is 0.214. The highest BCUT2D eigenvalue weighted by molar-refractivity contribution is 5.39. The number of halogens is 1. The standard InChI is InChI=1S/C14H15FN2O/c1-17(9-11-4-2-5-12(15)8-11)14-7-3-6-13(10-18)16-14/h2-8,18H,9-10H2,1H3. The van der Waals surface area contributed by atoms with Gasteiger partial charge in [0, 0.05) is 13.6 Å². The van der Waals surface area contributed by atoms with Crippen molar-refractivity contribution < 1.29 is 9.50 Å². The van der Waals surface area contributed by atoms with Crippen LogP contribution in [0.1, 0.15) is 11.3 Å². The Balaban J connectivity index is 2.13. The first kappa shape index (κ1) is 12.5. The number of anilines is 1. The Labute approximate surface area is 106 Å². The summed E-state index contributed by atoms with van der Waals surface area (Å²) in [5.41, 5.74) is 1.51. The van der Waals surface area contributed by atoms with E-state index in [0.29, 0.717) is 12.2 Å². The minimum Gasteiger partial charge on any atom is -0.390 e. The van der Waals surface area contributed by atoms with Gasteiger partial charge in [-0.15, -0.1) is 0 Å². The van der Waals surface area contributed by atoms with E-state index < -0.39 is 0 Å². The van der Waals surface area contributed by atoms with Gasteiger partial charge in [-0.2, -0.15) is 0 Å². The molecule has 2 rings (SSSR count). The van der Waals surface area contributed by atoms with Crippen LogP contribution >= 0.6 is 0 Å². The third-order valence-electron chi connectivity index (χ3n) is 2.65. The van der Waals surface area contributed by atoms with E-state index in [-0.39, 0.29) is 12.4 Å². The molecule has 0 aliphatic carbocycles. The third-order valence-corrected chi connectivity index (χ3v) is 2.65. The molecular weight excluding hydrogens is 231 g/mol. The Morgan fingerprint density at radius 1 is 1.22 bits per heavy atom. The maximum atomic E-state index is 13.1.